The predicted molar refractivity (Wildman–Crippen MR) is 84.4 cm³/mol. The van der Waals surface area contributed by atoms with Crippen LogP contribution in [0.1, 0.15) is 24.3 Å². The Morgan fingerprint density at radius 3 is 3.08 bits per heavy atom. The number of aromatic nitrogens is 2. The Labute approximate surface area is 139 Å². The van der Waals surface area contributed by atoms with Gasteiger partial charge in [-0.1, -0.05) is 5.16 Å². The van der Waals surface area contributed by atoms with Gasteiger partial charge in [0.1, 0.15) is 5.82 Å². The van der Waals surface area contributed by atoms with Crippen LogP contribution in [0.4, 0.5) is 4.39 Å². The normalized spacial score (nSPS) is 24.0. The van der Waals surface area contributed by atoms with E-state index in [1.807, 2.05) is 0 Å². The lowest BCUT2D eigenvalue weighted by Crippen LogP contribution is -2.29. The van der Waals surface area contributed by atoms with Gasteiger partial charge in [0.05, 0.1) is 6.54 Å². The number of nitrogens with one attached hydrogen (secondary N) is 1. The fourth-order valence-corrected chi connectivity index (χ4v) is 3.61. The van der Waals surface area contributed by atoms with Gasteiger partial charge in [-0.2, -0.15) is 4.98 Å². The number of hydrogen-bond donors (Lipinski definition) is 1. The van der Waals surface area contributed by atoms with E-state index in [0.29, 0.717) is 30.2 Å². The number of nitrogens with zero attached hydrogens (tertiary/aromatic N) is 3. The molecule has 1 unspecified atom stereocenters. The Bertz CT molecular complexity index is 791. The van der Waals surface area contributed by atoms with E-state index >= 15 is 0 Å². The molecule has 1 N–H and O–H groups in total. The molecule has 0 aliphatic carbocycles. The van der Waals surface area contributed by atoms with Crippen molar-refractivity contribution in [1.29, 1.82) is 0 Å². The van der Waals surface area contributed by atoms with Crippen LogP contribution < -0.4 is 5.32 Å². The van der Waals surface area contributed by atoms with Crippen molar-refractivity contribution in [2.24, 2.45) is 5.41 Å². The summed E-state index contributed by atoms with van der Waals surface area (Å²) in [7, 11) is 0. The molecule has 0 radical (unpaired) electrons. The summed E-state index contributed by atoms with van der Waals surface area (Å²) >= 11 is 0. The maximum Gasteiger partial charge on any atom is 0.241 e. The van der Waals surface area contributed by atoms with Gasteiger partial charge in [-0.15, -0.1) is 0 Å². The lowest BCUT2D eigenvalue weighted by atomic mass is 9.86. The molecule has 6 nitrogen and oxygen atoms in total. The number of benzene rings is 1. The van der Waals surface area contributed by atoms with Crippen molar-refractivity contribution in [3.8, 4) is 11.4 Å². The van der Waals surface area contributed by atoms with Gasteiger partial charge in [0.2, 0.25) is 17.6 Å². The zero-order valence-electron chi connectivity index (χ0n) is 13.5. The zero-order valence-corrected chi connectivity index (χ0v) is 13.5. The maximum atomic E-state index is 13.4. The third kappa shape index (κ3) is 2.80. The average molecular weight is 330 g/mol. The summed E-state index contributed by atoms with van der Waals surface area (Å²) in [4.78, 5) is 18.1. The summed E-state index contributed by atoms with van der Waals surface area (Å²) in [6, 6.07) is 4.78. The van der Waals surface area contributed by atoms with Gasteiger partial charge in [0, 0.05) is 30.5 Å². The van der Waals surface area contributed by atoms with E-state index < -0.39 is 0 Å². The van der Waals surface area contributed by atoms with Gasteiger partial charge in [0.25, 0.3) is 0 Å². The Kier molecular flexibility index (Phi) is 3.60. The number of likely N-dealkylation sites (tertiary alicyclic amines) is 1. The Morgan fingerprint density at radius 2 is 2.33 bits per heavy atom. The molecule has 2 aliphatic heterocycles. The topological polar surface area (TPSA) is 71.3 Å². The van der Waals surface area contributed by atoms with Gasteiger partial charge in [-0.3, -0.25) is 9.69 Å². The second kappa shape index (κ2) is 5.66. The predicted octanol–water partition coefficient (Wildman–Crippen LogP) is 1.90. The minimum Gasteiger partial charge on any atom is -0.355 e. The molecule has 0 saturated carbocycles. The smallest absolute Gasteiger partial charge is 0.241 e. The van der Waals surface area contributed by atoms with Crippen LogP contribution in [0.25, 0.3) is 11.4 Å². The van der Waals surface area contributed by atoms with Crippen LogP contribution in [0.15, 0.2) is 22.7 Å². The molecule has 1 spiro atoms. The van der Waals surface area contributed by atoms with Gasteiger partial charge >= 0.3 is 0 Å². The molecule has 126 valence electrons. The van der Waals surface area contributed by atoms with Crippen molar-refractivity contribution < 1.29 is 13.7 Å². The van der Waals surface area contributed by atoms with E-state index in [1.165, 1.54) is 6.07 Å². The first-order valence-corrected chi connectivity index (χ1v) is 8.11. The number of carbonyl (C=O) groups excluding carboxylic acids is 1. The van der Waals surface area contributed by atoms with Crippen LogP contribution in [0, 0.1) is 18.2 Å². The molecule has 2 aromatic rings. The molecule has 2 aliphatic rings. The van der Waals surface area contributed by atoms with E-state index in [9.17, 15) is 9.18 Å². The van der Waals surface area contributed by atoms with Gasteiger partial charge in [-0.05, 0) is 43.7 Å². The fraction of sp³-hybridized carbons (Fsp3) is 0.471. The first kappa shape index (κ1) is 15.3. The fourth-order valence-electron chi connectivity index (χ4n) is 3.61. The molecule has 3 heterocycles. The molecular weight excluding hydrogens is 311 g/mol. The maximum absolute atomic E-state index is 13.4. The molecule has 2 fully saturated rings. The molecule has 7 heteroatoms. The van der Waals surface area contributed by atoms with E-state index in [4.69, 9.17) is 4.52 Å². The number of hydrogen-bond acceptors (Lipinski definition) is 5. The molecule has 2 saturated heterocycles. The van der Waals surface area contributed by atoms with Gasteiger partial charge < -0.3 is 9.84 Å². The van der Waals surface area contributed by atoms with Crippen molar-refractivity contribution in [3.63, 3.8) is 0 Å². The average Bonchev–Trinajstić information content (AvgIpc) is 3.25. The highest BCUT2D eigenvalue weighted by Crippen LogP contribution is 2.37. The quantitative estimate of drug-likeness (QED) is 0.931. The number of halogens is 1. The monoisotopic (exact) mass is 330 g/mol. The van der Waals surface area contributed by atoms with Crippen molar-refractivity contribution in [1.82, 2.24) is 20.4 Å². The summed E-state index contributed by atoms with van der Waals surface area (Å²) in [6.07, 6.45) is 1.61. The van der Waals surface area contributed by atoms with Crippen molar-refractivity contribution >= 4 is 5.91 Å². The van der Waals surface area contributed by atoms with Crippen LogP contribution >= 0.6 is 0 Å². The molecular formula is C17H19FN4O2. The van der Waals surface area contributed by atoms with E-state index in [2.05, 4.69) is 20.4 Å². The summed E-state index contributed by atoms with van der Waals surface area (Å²) in [5.41, 5.74) is 1.36. The SMILES string of the molecule is Cc1cc(-c2noc(CN3CCC4(CNC(=O)C4)C3)n2)ccc1F. The molecule has 1 aromatic carbocycles. The number of rotatable bonds is 3. The highest BCUT2D eigenvalue weighted by Gasteiger charge is 2.43. The molecule has 1 aromatic heterocycles. The summed E-state index contributed by atoms with van der Waals surface area (Å²) in [5.74, 6) is 0.911. The number of aryl methyl sites for hydroxylation is 1. The third-order valence-electron chi connectivity index (χ3n) is 4.96. The second-order valence-corrected chi connectivity index (χ2v) is 6.89. The summed E-state index contributed by atoms with van der Waals surface area (Å²) < 4.78 is 18.7. The highest BCUT2D eigenvalue weighted by atomic mass is 19.1. The largest absolute Gasteiger partial charge is 0.355 e. The number of amides is 1. The van der Waals surface area contributed by atoms with Gasteiger partial charge in [-0.25, -0.2) is 4.39 Å². The lowest BCUT2D eigenvalue weighted by Gasteiger charge is -2.20. The standard InChI is InChI=1S/C17H19FN4O2/c1-11-6-12(2-3-13(11)18)16-20-15(24-21-16)8-22-5-4-17(10-22)7-14(23)19-9-17/h2-3,6H,4-5,7-10H2,1H3,(H,19,23). The zero-order chi connectivity index (χ0) is 16.7. The van der Waals surface area contributed by atoms with E-state index in [1.54, 1.807) is 19.1 Å². The lowest BCUT2D eigenvalue weighted by molar-refractivity contribution is -0.119. The third-order valence-corrected chi connectivity index (χ3v) is 4.96. The van der Waals surface area contributed by atoms with Crippen molar-refractivity contribution in [2.45, 2.75) is 26.3 Å². The van der Waals surface area contributed by atoms with Crippen LogP contribution in [-0.2, 0) is 11.3 Å². The summed E-state index contributed by atoms with van der Waals surface area (Å²) in [5, 5.41) is 6.92. The van der Waals surface area contributed by atoms with Crippen molar-refractivity contribution in [3.05, 3.63) is 35.5 Å². The van der Waals surface area contributed by atoms with Crippen LogP contribution in [-0.4, -0.2) is 40.6 Å². The Hall–Kier alpha value is -2.28. The number of carbonyl (C=O) groups is 1. The minimum atomic E-state index is -0.246. The molecule has 24 heavy (non-hydrogen) atoms. The first-order chi connectivity index (χ1) is 11.5. The second-order valence-electron chi connectivity index (χ2n) is 6.89. The van der Waals surface area contributed by atoms with E-state index in [0.717, 1.165) is 31.6 Å². The molecule has 4 rings (SSSR count). The van der Waals surface area contributed by atoms with Crippen LogP contribution in [0.3, 0.4) is 0 Å². The molecule has 1 amide bonds. The summed E-state index contributed by atoms with van der Waals surface area (Å²) in [6.45, 7) is 4.82. The van der Waals surface area contributed by atoms with Crippen molar-refractivity contribution in [2.75, 3.05) is 19.6 Å². The Morgan fingerprint density at radius 1 is 1.46 bits per heavy atom. The van der Waals surface area contributed by atoms with Crippen LogP contribution in [0.5, 0.6) is 0 Å². The Balaban J connectivity index is 1.44. The van der Waals surface area contributed by atoms with Crippen LogP contribution in [0.2, 0.25) is 0 Å². The minimum absolute atomic E-state index is 0.0635. The first-order valence-electron chi connectivity index (χ1n) is 8.11. The van der Waals surface area contributed by atoms with Gasteiger partial charge in [0.15, 0.2) is 0 Å². The van der Waals surface area contributed by atoms with E-state index in [-0.39, 0.29) is 17.1 Å². The highest BCUT2D eigenvalue weighted by molar-refractivity contribution is 5.79. The molecule has 1 atom stereocenters. The molecule has 0 bridgehead atoms.